The van der Waals surface area contributed by atoms with Crippen LogP contribution in [-0.4, -0.2) is 21.4 Å². The molecule has 2 aromatic carbocycles. The topological polar surface area (TPSA) is 49.4 Å². The molecule has 1 amide bonds. The average molecular weight is 463 g/mol. The molecule has 1 N–H and O–H groups in total. The van der Waals surface area contributed by atoms with Gasteiger partial charge in [-0.1, -0.05) is 36.4 Å². The van der Waals surface area contributed by atoms with Gasteiger partial charge in [0.05, 0.1) is 21.4 Å². The minimum Gasteiger partial charge on any atom is -0.311 e. The number of anilines is 1. The molecule has 0 aliphatic carbocycles. The molecule has 4 nitrogen and oxygen atoms in total. The Morgan fingerprint density at radius 3 is 2.50 bits per heavy atom. The molecular formula is C22H27BrN2O2S. The quantitative estimate of drug-likeness (QED) is 0.702. The molecule has 0 spiro atoms. The van der Waals surface area contributed by atoms with Crippen LogP contribution in [0.2, 0.25) is 0 Å². The zero-order valence-corrected chi connectivity index (χ0v) is 19.2. The summed E-state index contributed by atoms with van der Waals surface area (Å²) < 4.78 is 16.6. The molecule has 28 heavy (non-hydrogen) atoms. The minimum absolute atomic E-state index is 0.0214. The molecule has 1 heterocycles. The zero-order valence-electron chi connectivity index (χ0n) is 16.8. The lowest BCUT2D eigenvalue weighted by atomic mass is 9.93. The summed E-state index contributed by atoms with van der Waals surface area (Å²) in [5.41, 5.74) is 4.31. The van der Waals surface area contributed by atoms with Crippen molar-refractivity contribution in [1.82, 2.24) is 4.72 Å². The Morgan fingerprint density at radius 1 is 1.21 bits per heavy atom. The Kier molecular flexibility index (Phi) is 6.42. The maximum absolute atomic E-state index is 12.7. The van der Waals surface area contributed by atoms with Gasteiger partial charge in [-0.3, -0.25) is 4.79 Å². The highest BCUT2D eigenvalue weighted by atomic mass is 79.9. The second kappa shape index (κ2) is 8.47. The fourth-order valence-electron chi connectivity index (χ4n) is 3.43. The molecular weight excluding hydrogens is 436 g/mol. The lowest BCUT2D eigenvalue weighted by molar-refractivity contribution is -0.116. The Balaban J connectivity index is 2.01. The Labute approximate surface area is 178 Å². The highest BCUT2D eigenvalue weighted by molar-refractivity contribution is 9.10. The Hall–Kier alpha value is -1.50. The lowest BCUT2D eigenvalue weighted by Crippen LogP contribution is -2.42. The zero-order chi connectivity index (χ0) is 20.5. The number of halogens is 1. The predicted octanol–water partition coefficient (Wildman–Crippen LogP) is 4.89. The van der Waals surface area contributed by atoms with E-state index in [-0.39, 0.29) is 16.7 Å². The molecule has 150 valence electrons. The fourth-order valence-corrected chi connectivity index (χ4v) is 5.03. The standard InChI is InChI=1S/C22H27BrN2O2S/c1-15(26)25-11-10-20(24-28(27)22(2,3)4)18-13-17(14-19(23)21(18)25)12-16-8-6-5-7-9-16/h5-9,13-14,20,24H,10-12H2,1-4H3/t20-,28?/m1/s1. The molecule has 0 aromatic heterocycles. The van der Waals surface area contributed by atoms with Gasteiger partial charge in [0, 0.05) is 24.0 Å². The molecule has 1 aliphatic rings. The normalized spacial score (nSPS) is 17.9. The first-order valence-corrected chi connectivity index (χ1v) is 11.4. The van der Waals surface area contributed by atoms with Crippen LogP contribution >= 0.6 is 15.9 Å². The van der Waals surface area contributed by atoms with E-state index in [9.17, 15) is 9.00 Å². The van der Waals surface area contributed by atoms with Crippen LogP contribution in [0.15, 0.2) is 46.9 Å². The van der Waals surface area contributed by atoms with Crippen molar-refractivity contribution in [1.29, 1.82) is 0 Å². The molecule has 1 aliphatic heterocycles. The summed E-state index contributed by atoms with van der Waals surface area (Å²) in [6.45, 7) is 8.09. The van der Waals surface area contributed by atoms with Crippen molar-refractivity contribution < 1.29 is 9.00 Å². The maximum atomic E-state index is 12.7. The van der Waals surface area contributed by atoms with Crippen LogP contribution in [0.1, 0.15) is 56.8 Å². The molecule has 0 fully saturated rings. The number of rotatable bonds is 4. The monoisotopic (exact) mass is 462 g/mol. The predicted molar refractivity (Wildman–Crippen MR) is 120 cm³/mol. The highest BCUT2D eigenvalue weighted by Gasteiger charge is 2.32. The lowest BCUT2D eigenvalue weighted by Gasteiger charge is -2.36. The number of fused-ring (bicyclic) bond motifs is 1. The number of benzene rings is 2. The number of carbonyl (C=O) groups is 1. The molecule has 6 heteroatoms. The van der Waals surface area contributed by atoms with Crippen molar-refractivity contribution in [3.63, 3.8) is 0 Å². The molecule has 0 radical (unpaired) electrons. The summed E-state index contributed by atoms with van der Waals surface area (Å²) in [4.78, 5) is 14.0. The number of nitrogens with one attached hydrogen (secondary N) is 1. The van der Waals surface area contributed by atoms with Gasteiger partial charge in [0.2, 0.25) is 5.91 Å². The average Bonchev–Trinajstić information content (AvgIpc) is 2.62. The van der Waals surface area contributed by atoms with Crippen LogP contribution in [-0.2, 0) is 22.2 Å². The van der Waals surface area contributed by atoms with Gasteiger partial charge in [0.15, 0.2) is 0 Å². The van der Waals surface area contributed by atoms with E-state index in [1.54, 1.807) is 6.92 Å². The van der Waals surface area contributed by atoms with Crippen LogP contribution in [0.3, 0.4) is 0 Å². The summed E-state index contributed by atoms with van der Waals surface area (Å²) in [5, 5.41) is 0. The summed E-state index contributed by atoms with van der Waals surface area (Å²) in [6.07, 6.45) is 1.54. The summed E-state index contributed by atoms with van der Waals surface area (Å²) >= 11 is 3.69. The van der Waals surface area contributed by atoms with E-state index in [0.717, 1.165) is 34.1 Å². The van der Waals surface area contributed by atoms with E-state index >= 15 is 0 Å². The number of amides is 1. The van der Waals surface area contributed by atoms with Crippen molar-refractivity contribution in [3.8, 4) is 0 Å². The van der Waals surface area contributed by atoms with E-state index in [1.807, 2.05) is 43.9 Å². The van der Waals surface area contributed by atoms with Crippen molar-refractivity contribution in [2.24, 2.45) is 0 Å². The largest absolute Gasteiger partial charge is 0.311 e. The number of hydrogen-bond donors (Lipinski definition) is 1. The van der Waals surface area contributed by atoms with Crippen LogP contribution in [0.4, 0.5) is 5.69 Å². The number of nitrogens with zero attached hydrogens (tertiary/aromatic N) is 1. The first-order chi connectivity index (χ1) is 13.2. The van der Waals surface area contributed by atoms with Gasteiger partial charge in [-0.25, -0.2) is 8.93 Å². The summed E-state index contributed by atoms with van der Waals surface area (Å²) in [6, 6.07) is 14.5. The van der Waals surface area contributed by atoms with E-state index < -0.39 is 11.0 Å². The van der Waals surface area contributed by atoms with Gasteiger partial charge in [-0.15, -0.1) is 0 Å². The van der Waals surface area contributed by atoms with Crippen LogP contribution < -0.4 is 9.62 Å². The minimum atomic E-state index is -1.18. The highest BCUT2D eigenvalue weighted by Crippen LogP contribution is 2.41. The molecule has 0 saturated carbocycles. The van der Waals surface area contributed by atoms with Gasteiger partial charge in [-0.05, 0) is 72.3 Å². The van der Waals surface area contributed by atoms with E-state index in [0.29, 0.717) is 6.54 Å². The Morgan fingerprint density at radius 2 is 1.89 bits per heavy atom. The van der Waals surface area contributed by atoms with Gasteiger partial charge in [0.25, 0.3) is 0 Å². The van der Waals surface area contributed by atoms with Crippen LogP contribution in [0.25, 0.3) is 0 Å². The number of hydrogen-bond acceptors (Lipinski definition) is 2. The number of carbonyl (C=O) groups excluding carboxylic acids is 1. The van der Waals surface area contributed by atoms with E-state index in [2.05, 4.69) is 44.9 Å². The van der Waals surface area contributed by atoms with Crippen molar-refractivity contribution in [3.05, 3.63) is 63.6 Å². The van der Waals surface area contributed by atoms with E-state index in [4.69, 9.17) is 0 Å². The molecule has 0 saturated heterocycles. The third kappa shape index (κ3) is 4.73. The second-order valence-electron chi connectivity index (χ2n) is 8.19. The van der Waals surface area contributed by atoms with Gasteiger partial charge < -0.3 is 4.90 Å². The molecule has 3 rings (SSSR count). The third-order valence-electron chi connectivity index (χ3n) is 4.88. The first-order valence-electron chi connectivity index (χ1n) is 9.49. The third-order valence-corrected chi connectivity index (χ3v) is 7.09. The molecule has 2 atom stereocenters. The molecule has 0 bridgehead atoms. The molecule has 1 unspecified atom stereocenters. The van der Waals surface area contributed by atoms with Crippen molar-refractivity contribution in [2.75, 3.05) is 11.4 Å². The van der Waals surface area contributed by atoms with Gasteiger partial charge >= 0.3 is 0 Å². The maximum Gasteiger partial charge on any atom is 0.223 e. The van der Waals surface area contributed by atoms with Gasteiger partial charge in [-0.2, -0.15) is 0 Å². The van der Waals surface area contributed by atoms with E-state index in [1.165, 1.54) is 5.56 Å². The van der Waals surface area contributed by atoms with Crippen LogP contribution in [0, 0.1) is 0 Å². The summed E-state index contributed by atoms with van der Waals surface area (Å²) in [5.74, 6) is 0.0214. The van der Waals surface area contributed by atoms with Crippen molar-refractivity contribution in [2.45, 2.75) is 51.3 Å². The second-order valence-corrected chi connectivity index (χ2v) is 11.0. The first kappa shape index (κ1) is 21.2. The summed E-state index contributed by atoms with van der Waals surface area (Å²) in [7, 11) is -1.18. The van der Waals surface area contributed by atoms with Gasteiger partial charge in [0.1, 0.15) is 0 Å². The molecule has 2 aromatic rings. The van der Waals surface area contributed by atoms with Crippen molar-refractivity contribution >= 4 is 38.5 Å². The smallest absolute Gasteiger partial charge is 0.223 e. The SMILES string of the molecule is CC(=O)N1CC[C@@H](NS(=O)C(C)(C)C)c2cc(Cc3ccccc3)cc(Br)c21. The fraction of sp³-hybridized carbons (Fsp3) is 0.409. The van der Waals surface area contributed by atoms with Crippen LogP contribution in [0.5, 0.6) is 0 Å². The Bertz CT molecular complexity index is 893.